The number of rotatable bonds is 27. The highest BCUT2D eigenvalue weighted by Gasteiger charge is 2.12. The third-order valence-electron chi connectivity index (χ3n) is 10.0. The van der Waals surface area contributed by atoms with Crippen molar-refractivity contribution in [3.8, 4) is 40.6 Å². The monoisotopic (exact) mass is 910 g/mol. The summed E-state index contributed by atoms with van der Waals surface area (Å²) >= 11 is 0. The van der Waals surface area contributed by atoms with Crippen LogP contribution in [0.5, 0.6) is 28.7 Å². The van der Waals surface area contributed by atoms with E-state index in [2.05, 4.69) is 25.0 Å². The van der Waals surface area contributed by atoms with E-state index in [0.717, 1.165) is 76.0 Å². The van der Waals surface area contributed by atoms with Gasteiger partial charge in [-0.2, -0.15) is 0 Å². The van der Waals surface area contributed by atoms with Crippen molar-refractivity contribution in [1.82, 2.24) is 0 Å². The molecule has 0 radical (unpaired) electrons. The van der Waals surface area contributed by atoms with Crippen LogP contribution in [0.3, 0.4) is 0 Å². The topological polar surface area (TPSA) is 133 Å². The molecule has 0 bridgehead atoms. The van der Waals surface area contributed by atoms with Gasteiger partial charge >= 0.3 is 23.9 Å². The Morgan fingerprint density at radius 2 is 1.00 bits per heavy atom. The van der Waals surface area contributed by atoms with Crippen LogP contribution in [0, 0.1) is 17.7 Å². The first-order valence-electron chi connectivity index (χ1n) is 22.3. The number of benzene rings is 5. The molecule has 0 saturated heterocycles. The SMILES string of the molecule is C=COC(=O)CCCCCCOc1ccc(OC(=O)c2ccc(C#Cc3ccc(F)c(OCc4ccc(OC(=O)c5ccc(OCCCCCCCCOC(=O)C=C)cc5)cc4)c3)cc2)cc1. The highest BCUT2D eigenvalue weighted by atomic mass is 19.1. The van der Waals surface area contributed by atoms with Crippen LogP contribution in [-0.2, 0) is 25.7 Å². The van der Waals surface area contributed by atoms with Gasteiger partial charge in [0.05, 0.1) is 37.2 Å². The number of hydrogen-bond donors (Lipinski definition) is 0. The normalized spacial score (nSPS) is 10.4. The minimum absolute atomic E-state index is 0.0294. The van der Waals surface area contributed by atoms with Gasteiger partial charge in [0.2, 0.25) is 0 Å². The lowest BCUT2D eigenvalue weighted by atomic mass is 10.1. The largest absolute Gasteiger partial charge is 0.494 e. The Kier molecular flexibility index (Phi) is 21.3. The number of halogens is 1. The van der Waals surface area contributed by atoms with Crippen molar-refractivity contribution in [3.05, 3.63) is 174 Å². The molecular formula is C55H55FO11. The van der Waals surface area contributed by atoms with Gasteiger partial charge < -0.3 is 33.2 Å². The van der Waals surface area contributed by atoms with Crippen molar-refractivity contribution in [3.63, 3.8) is 0 Å². The van der Waals surface area contributed by atoms with E-state index in [9.17, 15) is 23.6 Å². The maximum absolute atomic E-state index is 14.7. The molecule has 5 rings (SSSR count). The maximum Gasteiger partial charge on any atom is 0.343 e. The summed E-state index contributed by atoms with van der Waals surface area (Å²) in [5.41, 5.74) is 2.62. The molecule has 0 fully saturated rings. The molecule has 348 valence electrons. The zero-order chi connectivity index (χ0) is 47.5. The Morgan fingerprint density at radius 1 is 0.522 bits per heavy atom. The lowest BCUT2D eigenvalue weighted by Gasteiger charge is -2.10. The average molecular weight is 911 g/mol. The van der Waals surface area contributed by atoms with E-state index in [1.54, 1.807) is 103 Å². The molecule has 0 unspecified atom stereocenters. The standard InChI is InChI=1S/C55H55FO11/c1-3-52(57)64-38-14-9-6-5-8-12-36-62-46-29-25-45(26-30-46)55(60)66-48-27-20-43(21-28-48)40-65-51-39-42(22-35-50(51)56)17-16-41-18-23-44(24-19-41)54(59)67-49-33-31-47(32-34-49)63-37-13-10-7-11-15-53(58)61-4-2/h3-4,18-35,39H,1-2,5-15,36-38,40H2. The van der Waals surface area contributed by atoms with Crippen molar-refractivity contribution in [2.45, 2.75) is 77.2 Å². The van der Waals surface area contributed by atoms with Gasteiger partial charge in [-0.25, -0.2) is 18.8 Å². The first kappa shape index (κ1) is 50.4. The van der Waals surface area contributed by atoms with Gasteiger partial charge in [0.1, 0.15) is 29.6 Å². The summed E-state index contributed by atoms with van der Waals surface area (Å²) in [5, 5.41) is 0. The Bertz CT molecular complexity index is 2430. The number of carbonyl (C=O) groups excluding carboxylic acids is 4. The summed E-state index contributed by atoms with van der Waals surface area (Å²) in [6, 6.07) is 31.3. The molecule has 5 aromatic rings. The number of carbonyl (C=O) groups is 4. The summed E-state index contributed by atoms with van der Waals surface area (Å²) in [7, 11) is 0. The molecule has 0 spiro atoms. The summed E-state index contributed by atoms with van der Waals surface area (Å²) in [5.74, 6) is 5.88. The van der Waals surface area contributed by atoms with Gasteiger partial charge in [-0.15, -0.1) is 0 Å². The average Bonchev–Trinajstić information content (AvgIpc) is 3.34. The van der Waals surface area contributed by atoms with Gasteiger partial charge in [0.15, 0.2) is 11.6 Å². The smallest absolute Gasteiger partial charge is 0.343 e. The molecule has 0 atom stereocenters. The second kappa shape index (κ2) is 28.3. The fraction of sp³-hybridized carbons (Fsp3) is 0.273. The molecule has 0 aliphatic heterocycles. The van der Waals surface area contributed by atoms with Crippen LogP contribution in [0.25, 0.3) is 0 Å². The van der Waals surface area contributed by atoms with Crippen LogP contribution in [0.4, 0.5) is 4.39 Å². The molecule has 0 aliphatic rings. The highest BCUT2D eigenvalue weighted by molar-refractivity contribution is 5.91. The van der Waals surface area contributed by atoms with Gasteiger partial charge in [-0.3, -0.25) is 4.79 Å². The summed E-state index contributed by atoms with van der Waals surface area (Å²) in [6.45, 7) is 8.33. The summed E-state index contributed by atoms with van der Waals surface area (Å²) in [6.07, 6.45) is 12.0. The number of esters is 4. The zero-order valence-electron chi connectivity index (χ0n) is 37.5. The number of unbranched alkanes of at least 4 members (excludes halogenated alkanes) is 8. The summed E-state index contributed by atoms with van der Waals surface area (Å²) < 4.78 is 52.8. The quantitative estimate of drug-likeness (QED) is 0.0124. The Hall–Kier alpha value is -7.65. The molecule has 0 amide bonds. The first-order valence-corrected chi connectivity index (χ1v) is 22.3. The van der Waals surface area contributed by atoms with Crippen LogP contribution in [-0.4, -0.2) is 43.7 Å². The van der Waals surface area contributed by atoms with Gasteiger partial charge in [-0.05, 0) is 134 Å². The zero-order valence-corrected chi connectivity index (χ0v) is 37.5. The van der Waals surface area contributed by atoms with Gasteiger partial charge in [0, 0.05) is 23.6 Å². The van der Waals surface area contributed by atoms with Crippen molar-refractivity contribution in [2.75, 3.05) is 19.8 Å². The second-order valence-corrected chi connectivity index (χ2v) is 15.2. The molecule has 0 aliphatic carbocycles. The van der Waals surface area contributed by atoms with Crippen LogP contribution in [0.15, 0.2) is 141 Å². The molecule has 5 aromatic carbocycles. The second-order valence-electron chi connectivity index (χ2n) is 15.2. The van der Waals surface area contributed by atoms with E-state index in [4.69, 9.17) is 33.2 Å². The molecule has 0 aromatic heterocycles. The first-order chi connectivity index (χ1) is 32.7. The Labute approximate surface area is 391 Å². The number of ether oxygens (including phenoxy) is 7. The predicted molar refractivity (Wildman–Crippen MR) is 252 cm³/mol. The van der Waals surface area contributed by atoms with Crippen molar-refractivity contribution >= 4 is 23.9 Å². The van der Waals surface area contributed by atoms with Crippen LogP contribution in [0.2, 0.25) is 0 Å². The van der Waals surface area contributed by atoms with E-state index in [0.29, 0.717) is 71.5 Å². The van der Waals surface area contributed by atoms with Crippen LogP contribution >= 0.6 is 0 Å². The Balaban J connectivity index is 0.987. The third kappa shape index (κ3) is 18.8. The van der Waals surface area contributed by atoms with E-state index < -0.39 is 17.8 Å². The van der Waals surface area contributed by atoms with Crippen molar-refractivity contribution in [1.29, 1.82) is 0 Å². The van der Waals surface area contributed by atoms with Crippen LogP contribution < -0.4 is 23.7 Å². The fourth-order valence-corrected chi connectivity index (χ4v) is 6.36. The minimum atomic E-state index is -0.542. The Morgan fingerprint density at radius 3 is 1.58 bits per heavy atom. The third-order valence-corrected chi connectivity index (χ3v) is 10.0. The molecule has 67 heavy (non-hydrogen) atoms. The van der Waals surface area contributed by atoms with Crippen LogP contribution in [0.1, 0.15) is 108 Å². The minimum Gasteiger partial charge on any atom is -0.494 e. The van der Waals surface area contributed by atoms with Crippen molar-refractivity contribution < 1.29 is 56.7 Å². The fourth-order valence-electron chi connectivity index (χ4n) is 6.36. The van der Waals surface area contributed by atoms with E-state index in [1.807, 2.05) is 0 Å². The van der Waals surface area contributed by atoms with Crippen molar-refractivity contribution in [2.24, 2.45) is 0 Å². The van der Waals surface area contributed by atoms with Gasteiger partial charge in [0.25, 0.3) is 0 Å². The van der Waals surface area contributed by atoms with E-state index >= 15 is 0 Å². The molecule has 12 heteroatoms. The van der Waals surface area contributed by atoms with E-state index in [1.165, 1.54) is 18.2 Å². The maximum atomic E-state index is 14.7. The molecule has 0 heterocycles. The highest BCUT2D eigenvalue weighted by Crippen LogP contribution is 2.23. The number of hydrogen-bond acceptors (Lipinski definition) is 11. The van der Waals surface area contributed by atoms with E-state index in [-0.39, 0.29) is 24.3 Å². The lowest BCUT2D eigenvalue weighted by molar-refractivity contribution is -0.138. The molecule has 0 N–H and O–H groups in total. The predicted octanol–water partition coefficient (Wildman–Crippen LogP) is 11.7. The lowest BCUT2D eigenvalue weighted by Crippen LogP contribution is -2.08. The molecule has 11 nitrogen and oxygen atoms in total. The summed E-state index contributed by atoms with van der Waals surface area (Å²) in [4.78, 5) is 48.0. The molecular weight excluding hydrogens is 856 g/mol. The van der Waals surface area contributed by atoms with Gasteiger partial charge in [-0.1, -0.05) is 75.7 Å². The molecule has 0 saturated carbocycles.